The third kappa shape index (κ3) is 7.65. The summed E-state index contributed by atoms with van der Waals surface area (Å²) in [5.41, 5.74) is 4.93. The van der Waals surface area contributed by atoms with Gasteiger partial charge < -0.3 is 26.4 Å². The number of Topliss-reactive ketones (excluding diaryl/α,β-unsaturated/α-hetero) is 1. The van der Waals surface area contributed by atoms with Gasteiger partial charge in [0, 0.05) is 29.8 Å². The summed E-state index contributed by atoms with van der Waals surface area (Å²) < 4.78 is 39.1. The lowest BCUT2D eigenvalue weighted by molar-refractivity contribution is -0.143. The Kier molecular flexibility index (Phi) is 9.82. The molecule has 0 radical (unpaired) electrons. The van der Waals surface area contributed by atoms with E-state index in [1.54, 1.807) is 6.92 Å². The number of ketones is 1. The molecule has 0 spiro atoms. The number of nitrogens with one attached hydrogen (secondary N) is 2. The first-order valence-electron chi connectivity index (χ1n) is 10.9. The normalized spacial score (nSPS) is 19.2. The van der Waals surface area contributed by atoms with Gasteiger partial charge in [0.1, 0.15) is 11.4 Å². The van der Waals surface area contributed by atoms with Crippen molar-refractivity contribution in [2.45, 2.75) is 49.8 Å². The summed E-state index contributed by atoms with van der Waals surface area (Å²) in [6, 6.07) is 2.81. The summed E-state index contributed by atoms with van der Waals surface area (Å²) in [5.74, 6) is -6.08. The van der Waals surface area contributed by atoms with Gasteiger partial charge in [0.05, 0.1) is 13.0 Å². The van der Waals surface area contributed by atoms with Crippen molar-refractivity contribution in [3.8, 4) is 0 Å². The number of carbonyl (C=O) groups is 5. The Balaban J connectivity index is 2.61. The molecule has 1 heterocycles. The summed E-state index contributed by atoms with van der Waals surface area (Å²) in [4.78, 5) is 63.6. The number of halogens is 4. The summed E-state index contributed by atoms with van der Waals surface area (Å²) in [7, 11) is 0. The van der Waals surface area contributed by atoms with Crippen molar-refractivity contribution in [3.63, 3.8) is 0 Å². The van der Waals surface area contributed by atoms with Crippen LogP contribution in [-0.4, -0.2) is 71.3 Å². The van der Waals surface area contributed by atoms with E-state index in [-0.39, 0.29) is 30.3 Å². The van der Waals surface area contributed by atoms with Gasteiger partial charge in [-0.05, 0) is 38.0 Å². The zero-order valence-corrected chi connectivity index (χ0v) is 19.9. The first kappa shape index (κ1) is 29.0. The standard InChI is InChI=1S/C22H26ClF3N4O6/c1-11-7-13(19(34)29-11)9-16(17(32)20(35)28-5-6-31)30(21(36)15(23)10-22(24,25)26)14-4-2-3-12(8-14)18(27)33/h2-4,8,11,13,15-16,31H,5-7,9-10H2,1H3,(H2,27,33)(H,28,35)(H,29,34)/t11-,13+,15?,16+/m1/s1. The fraction of sp³-hybridized carbons (Fsp3) is 0.500. The van der Waals surface area contributed by atoms with Gasteiger partial charge in [-0.1, -0.05) is 6.07 Å². The van der Waals surface area contributed by atoms with E-state index in [1.165, 1.54) is 18.2 Å². The minimum atomic E-state index is -4.83. The van der Waals surface area contributed by atoms with Crippen molar-refractivity contribution in [1.82, 2.24) is 10.6 Å². The number of primary amides is 1. The number of carbonyl (C=O) groups excluding carboxylic acids is 5. The summed E-state index contributed by atoms with van der Waals surface area (Å²) in [5, 5.41) is 11.5. The van der Waals surface area contributed by atoms with Gasteiger partial charge in [0.2, 0.25) is 23.5 Å². The Morgan fingerprint density at radius 1 is 1.31 bits per heavy atom. The molecule has 0 bridgehead atoms. The number of hydrogen-bond acceptors (Lipinski definition) is 6. The average Bonchev–Trinajstić information content (AvgIpc) is 3.11. The van der Waals surface area contributed by atoms with E-state index < -0.39 is 72.4 Å². The van der Waals surface area contributed by atoms with Gasteiger partial charge in [-0.15, -0.1) is 11.6 Å². The van der Waals surface area contributed by atoms with Crippen LogP contribution in [0.4, 0.5) is 18.9 Å². The van der Waals surface area contributed by atoms with Crippen LogP contribution >= 0.6 is 11.6 Å². The number of amides is 4. The SMILES string of the molecule is C[C@@H]1C[C@@H](C[C@@H](C(=O)C(=O)NCCO)N(C(=O)C(Cl)CC(F)(F)F)c2cccc(C(N)=O)c2)C(=O)N1. The van der Waals surface area contributed by atoms with Crippen LogP contribution in [0.15, 0.2) is 24.3 Å². The van der Waals surface area contributed by atoms with E-state index in [4.69, 9.17) is 22.4 Å². The molecule has 2 rings (SSSR count). The molecule has 36 heavy (non-hydrogen) atoms. The van der Waals surface area contributed by atoms with Crippen LogP contribution in [0.5, 0.6) is 0 Å². The van der Waals surface area contributed by atoms with E-state index in [1.807, 2.05) is 0 Å². The van der Waals surface area contributed by atoms with Crippen LogP contribution in [0.1, 0.15) is 36.5 Å². The Labute approximate surface area is 209 Å². The van der Waals surface area contributed by atoms with Gasteiger partial charge in [-0.2, -0.15) is 13.2 Å². The van der Waals surface area contributed by atoms with Crippen LogP contribution in [0.25, 0.3) is 0 Å². The van der Waals surface area contributed by atoms with Gasteiger partial charge in [-0.25, -0.2) is 0 Å². The largest absolute Gasteiger partial charge is 0.395 e. The molecule has 198 valence electrons. The molecule has 14 heteroatoms. The number of nitrogens with zero attached hydrogens (tertiary/aromatic N) is 1. The van der Waals surface area contributed by atoms with Gasteiger partial charge in [-0.3, -0.25) is 24.0 Å². The molecule has 4 amide bonds. The van der Waals surface area contributed by atoms with Crippen LogP contribution in [0.2, 0.25) is 0 Å². The van der Waals surface area contributed by atoms with E-state index in [0.29, 0.717) is 4.90 Å². The first-order chi connectivity index (χ1) is 16.7. The van der Waals surface area contributed by atoms with Crippen molar-refractivity contribution >= 4 is 46.7 Å². The number of aliphatic hydroxyl groups is 1. The van der Waals surface area contributed by atoms with Crippen molar-refractivity contribution in [1.29, 1.82) is 0 Å². The molecule has 1 aromatic rings. The lowest BCUT2D eigenvalue weighted by Gasteiger charge is -2.33. The van der Waals surface area contributed by atoms with Crippen molar-refractivity contribution in [3.05, 3.63) is 29.8 Å². The average molecular weight is 535 g/mol. The fourth-order valence-corrected chi connectivity index (χ4v) is 4.16. The molecule has 1 saturated heterocycles. The monoisotopic (exact) mass is 534 g/mol. The second kappa shape index (κ2) is 12.2. The lowest BCUT2D eigenvalue weighted by Crippen LogP contribution is -2.54. The highest BCUT2D eigenvalue weighted by atomic mass is 35.5. The highest BCUT2D eigenvalue weighted by Gasteiger charge is 2.44. The molecule has 1 aliphatic rings. The van der Waals surface area contributed by atoms with Crippen LogP contribution in [0.3, 0.4) is 0 Å². The minimum Gasteiger partial charge on any atom is -0.395 e. The first-order valence-corrected chi connectivity index (χ1v) is 11.4. The van der Waals surface area contributed by atoms with Gasteiger partial charge >= 0.3 is 6.18 Å². The Morgan fingerprint density at radius 2 is 1.97 bits per heavy atom. The molecule has 1 fully saturated rings. The maximum absolute atomic E-state index is 13.3. The zero-order valence-electron chi connectivity index (χ0n) is 19.2. The van der Waals surface area contributed by atoms with E-state index in [2.05, 4.69) is 10.6 Å². The van der Waals surface area contributed by atoms with Crippen molar-refractivity contribution in [2.24, 2.45) is 11.7 Å². The number of aliphatic hydroxyl groups excluding tert-OH is 1. The second-order valence-corrected chi connectivity index (χ2v) is 8.87. The van der Waals surface area contributed by atoms with Crippen LogP contribution in [0, 0.1) is 5.92 Å². The molecule has 10 nitrogen and oxygen atoms in total. The molecule has 4 atom stereocenters. The van der Waals surface area contributed by atoms with Crippen molar-refractivity contribution in [2.75, 3.05) is 18.1 Å². The van der Waals surface area contributed by atoms with E-state index in [9.17, 15) is 37.1 Å². The van der Waals surface area contributed by atoms with E-state index >= 15 is 0 Å². The molecular weight excluding hydrogens is 509 g/mol. The van der Waals surface area contributed by atoms with Crippen molar-refractivity contribution < 1.29 is 42.3 Å². The maximum atomic E-state index is 13.3. The number of benzene rings is 1. The lowest BCUT2D eigenvalue weighted by atomic mass is 9.92. The molecule has 1 aliphatic heterocycles. The van der Waals surface area contributed by atoms with E-state index in [0.717, 1.165) is 6.07 Å². The predicted octanol–water partition coefficient (Wildman–Crippen LogP) is 0.639. The molecule has 5 N–H and O–H groups in total. The highest BCUT2D eigenvalue weighted by molar-refractivity contribution is 6.40. The summed E-state index contributed by atoms with van der Waals surface area (Å²) >= 11 is 5.82. The summed E-state index contributed by atoms with van der Waals surface area (Å²) in [6.45, 7) is 0.875. The fourth-order valence-electron chi connectivity index (χ4n) is 3.88. The third-order valence-electron chi connectivity index (χ3n) is 5.47. The number of nitrogens with two attached hydrogens (primary N) is 1. The maximum Gasteiger partial charge on any atom is 0.391 e. The topological polar surface area (TPSA) is 159 Å². The molecule has 1 unspecified atom stereocenters. The molecule has 0 aromatic heterocycles. The molecule has 1 aromatic carbocycles. The molecule has 0 saturated carbocycles. The van der Waals surface area contributed by atoms with Crippen LogP contribution < -0.4 is 21.3 Å². The Bertz CT molecular complexity index is 1020. The van der Waals surface area contributed by atoms with Gasteiger partial charge in [0.25, 0.3) is 5.91 Å². The van der Waals surface area contributed by atoms with Crippen LogP contribution in [-0.2, 0) is 19.2 Å². The number of rotatable bonds is 11. The quantitative estimate of drug-likeness (QED) is 0.241. The number of anilines is 1. The second-order valence-electron chi connectivity index (χ2n) is 8.35. The number of alkyl halides is 4. The Hall–Kier alpha value is -3.19. The smallest absolute Gasteiger partial charge is 0.391 e. The zero-order chi connectivity index (χ0) is 27.2. The minimum absolute atomic E-state index is 0.129. The highest BCUT2D eigenvalue weighted by Crippen LogP contribution is 2.31. The molecular formula is C22H26ClF3N4O6. The number of hydrogen-bond donors (Lipinski definition) is 4. The summed E-state index contributed by atoms with van der Waals surface area (Å²) in [6.07, 6.45) is -6.75. The Morgan fingerprint density at radius 3 is 2.50 bits per heavy atom. The molecule has 0 aliphatic carbocycles. The predicted molar refractivity (Wildman–Crippen MR) is 122 cm³/mol. The van der Waals surface area contributed by atoms with Gasteiger partial charge in [0.15, 0.2) is 0 Å². The third-order valence-corrected chi connectivity index (χ3v) is 5.81.